The molecule has 0 aliphatic rings. The van der Waals surface area contributed by atoms with Gasteiger partial charge in [-0.2, -0.15) is 0 Å². The number of sulfone groups is 1. The molecular formula is C16H16O4S. The summed E-state index contributed by atoms with van der Waals surface area (Å²) in [4.78, 5) is 11.0. The van der Waals surface area contributed by atoms with Crippen molar-refractivity contribution in [3.63, 3.8) is 0 Å². The van der Waals surface area contributed by atoms with Crippen molar-refractivity contribution < 1.29 is 18.3 Å². The molecule has 0 aliphatic heterocycles. The Labute approximate surface area is 124 Å². The summed E-state index contributed by atoms with van der Waals surface area (Å²) in [5.41, 5.74) is 2.55. The molecule has 4 nitrogen and oxygen atoms in total. The molecule has 0 unspecified atom stereocenters. The Hall–Kier alpha value is -2.14. The van der Waals surface area contributed by atoms with Gasteiger partial charge in [0.15, 0.2) is 9.84 Å². The third kappa shape index (κ3) is 3.31. The fourth-order valence-corrected chi connectivity index (χ4v) is 3.66. The molecule has 0 saturated carbocycles. The zero-order chi connectivity index (χ0) is 15.6. The lowest BCUT2D eigenvalue weighted by Crippen LogP contribution is -2.11. The maximum absolute atomic E-state index is 12.5. The summed E-state index contributed by atoms with van der Waals surface area (Å²) in [6.45, 7) is 3.87. The van der Waals surface area contributed by atoms with Gasteiger partial charge in [-0.15, -0.1) is 0 Å². The zero-order valence-electron chi connectivity index (χ0n) is 11.8. The lowest BCUT2D eigenvalue weighted by molar-refractivity contribution is 0.0692. The van der Waals surface area contributed by atoms with Crippen molar-refractivity contribution in [1.82, 2.24) is 0 Å². The van der Waals surface area contributed by atoms with E-state index in [4.69, 9.17) is 5.11 Å². The van der Waals surface area contributed by atoms with Crippen LogP contribution in [0.2, 0.25) is 0 Å². The maximum Gasteiger partial charge on any atom is 0.337 e. The smallest absolute Gasteiger partial charge is 0.337 e. The van der Waals surface area contributed by atoms with Crippen LogP contribution in [-0.2, 0) is 15.6 Å². The summed E-state index contributed by atoms with van der Waals surface area (Å²) in [7, 11) is -3.70. The molecule has 0 heterocycles. The van der Waals surface area contributed by atoms with Crippen molar-refractivity contribution in [1.29, 1.82) is 0 Å². The molecule has 2 aromatic carbocycles. The van der Waals surface area contributed by atoms with E-state index >= 15 is 0 Å². The van der Waals surface area contributed by atoms with Crippen LogP contribution in [0.3, 0.4) is 0 Å². The van der Waals surface area contributed by atoms with E-state index in [0.29, 0.717) is 5.56 Å². The number of carbonyl (C=O) groups is 1. The standard InChI is InChI=1S/C16H16O4S/c1-11-7-8-13(9-12(11)2)10-21(19,20)15-6-4-3-5-14(15)16(17)18/h3-9H,10H2,1-2H3,(H,17,18). The van der Waals surface area contributed by atoms with Crippen LogP contribution in [0.5, 0.6) is 0 Å². The van der Waals surface area contributed by atoms with Crippen LogP contribution in [0, 0.1) is 13.8 Å². The Kier molecular flexibility index (Phi) is 4.14. The van der Waals surface area contributed by atoms with E-state index in [-0.39, 0.29) is 16.2 Å². The summed E-state index contributed by atoms with van der Waals surface area (Å²) in [5, 5.41) is 9.11. The van der Waals surface area contributed by atoms with Crippen molar-refractivity contribution in [2.45, 2.75) is 24.5 Å². The van der Waals surface area contributed by atoms with Gasteiger partial charge in [-0.1, -0.05) is 30.3 Å². The van der Waals surface area contributed by atoms with Crippen LogP contribution in [0.4, 0.5) is 0 Å². The highest BCUT2D eigenvalue weighted by Crippen LogP contribution is 2.21. The number of aromatic carboxylic acids is 1. The molecule has 0 bridgehead atoms. The summed E-state index contributed by atoms with van der Waals surface area (Å²) >= 11 is 0. The van der Waals surface area contributed by atoms with Gasteiger partial charge in [0.25, 0.3) is 0 Å². The van der Waals surface area contributed by atoms with Gasteiger partial charge < -0.3 is 5.11 Å². The van der Waals surface area contributed by atoms with Crippen LogP contribution < -0.4 is 0 Å². The second kappa shape index (κ2) is 5.69. The molecule has 0 spiro atoms. The second-order valence-corrected chi connectivity index (χ2v) is 6.94. The maximum atomic E-state index is 12.5. The Morgan fingerprint density at radius 3 is 2.33 bits per heavy atom. The first kappa shape index (κ1) is 15.3. The van der Waals surface area contributed by atoms with Crippen molar-refractivity contribution in [2.24, 2.45) is 0 Å². The number of carboxylic acid groups (broad SMARTS) is 1. The molecule has 0 aliphatic carbocycles. The molecule has 0 radical (unpaired) electrons. The van der Waals surface area contributed by atoms with Gasteiger partial charge in [-0.05, 0) is 42.7 Å². The number of carboxylic acids is 1. The minimum absolute atomic E-state index is 0.143. The first-order valence-corrected chi connectivity index (χ1v) is 8.08. The molecule has 0 atom stereocenters. The van der Waals surface area contributed by atoms with E-state index < -0.39 is 15.8 Å². The van der Waals surface area contributed by atoms with Gasteiger partial charge >= 0.3 is 5.97 Å². The van der Waals surface area contributed by atoms with Crippen LogP contribution >= 0.6 is 0 Å². The van der Waals surface area contributed by atoms with Crippen LogP contribution in [-0.4, -0.2) is 19.5 Å². The molecule has 0 saturated heterocycles. The molecular weight excluding hydrogens is 288 g/mol. The van der Waals surface area contributed by atoms with Crippen molar-refractivity contribution in [2.75, 3.05) is 0 Å². The third-order valence-corrected chi connectivity index (χ3v) is 5.12. The molecule has 0 aromatic heterocycles. The summed E-state index contributed by atoms with van der Waals surface area (Å²) < 4.78 is 24.9. The minimum atomic E-state index is -3.70. The van der Waals surface area contributed by atoms with E-state index in [9.17, 15) is 13.2 Å². The predicted octanol–water partition coefficient (Wildman–Crippen LogP) is 2.98. The monoisotopic (exact) mass is 304 g/mol. The largest absolute Gasteiger partial charge is 0.478 e. The molecule has 110 valence electrons. The molecule has 0 fully saturated rings. The number of hydrogen-bond donors (Lipinski definition) is 1. The lowest BCUT2D eigenvalue weighted by atomic mass is 10.1. The van der Waals surface area contributed by atoms with Crippen LogP contribution in [0.25, 0.3) is 0 Å². The highest BCUT2D eigenvalue weighted by molar-refractivity contribution is 7.90. The molecule has 2 aromatic rings. The van der Waals surface area contributed by atoms with Gasteiger partial charge in [0.1, 0.15) is 0 Å². The Morgan fingerprint density at radius 2 is 1.71 bits per heavy atom. The quantitative estimate of drug-likeness (QED) is 0.942. The first-order valence-electron chi connectivity index (χ1n) is 6.42. The molecule has 5 heteroatoms. The average Bonchev–Trinajstić information content (AvgIpc) is 2.42. The lowest BCUT2D eigenvalue weighted by Gasteiger charge is -2.09. The normalized spacial score (nSPS) is 11.3. The number of rotatable bonds is 4. The number of benzene rings is 2. The van der Waals surface area contributed by atoms with Gasteiger partial charge in [-0.3, -0.25) is 0 Å². The predicted molar refractivity (Wildman–Crippen MR) is 80.2 cm³/mol. The van der Waals surface area contributed by atoms with Crippen molar-refractivity contribution >= 4 is 15.8 Å². The van der Waals surface area contributed by atoms with E-state index in [1.165, 1.54) is 24.3 Å². The van der Waals surface area contributed by atoms with Gasteiger partial charge in [0.05, 0.1) is 16.2 Å². The van der Waals surface area contributed by atoms with E-state index in [0.717, 1.165) is 11.1 Å². The first-order chi connectivity index (χ1) is 9.81. The molecule has 2 rings (SSSR count). The second-order valence-electron chi connectivity index (χ2n) is 4.98. The van der Waals surface area contributed by atoms with Crippen molar-refractivity contribution in [3.05, 3.63) is 64.7 Å². The number of aryl methyl sites for hydroxylation is 2. The average molecular weight is 304 g/mol. The van der Waals surface area contributed by atoms with E-state index in [1.54, 1.807) is 6.07 Å². The summed E-state index contributed by atoms with van der Waals surface area (Å²) in [6.07, 6.45) is 0. The van der Waals surface area contributed by atoms with Gasteiger partial charge in [0, 0.05) is 0 Å². The SMILES string of the molecule is Cc1ccc(CS(=O)(=O)c2ccccc2C(=O)O)cc1C. The van der Waals surface area contributed by atoms with Gasteiger partial charge in [-0.25, -0.2) is 13.2 Å². The Balaban J connectivity index is 2.43. The minimum Gasteiger partial charge on any atom is -0.478 e. The van der Waals surface area contributed by atoms with Crippen LogP contribution in [0.15, 0.2) is 47.4 Å². The fraction of sp³-hybridized carbons (Fsp3) is 0.188. The summed E-state index contributed by atoms with van der Waals surface area (Å²) in [5.74, 6) is -1.45. The third-order valence-electron chi connectivity index (χ3n) is 3.38. The van der Waals surface area contributed by atoms with E-state index in [2.05, 4.69) is 0 Å². The summed E-state index contributed by atoms with van der Waals surface area (Å²) in [6, 6.07) is 11.1. The Morgan fingerprint density at radius 1 is 1.05 bits per heavy atom. The van der Waals surface area contributed by atoms with Gasteiger partial charge in [0.2, 0.25) is 0 Å². The topological polar surface area (TPSA) is 71.4 Å². The highest BCUT2D eigenvalue weighted by atomic mass is 32.2. The van der Waals surface area contributed by atoms with Crippen LogP contribution in [0.1, 0.15) is 27.0 Å². The Bertz CT molecular complexity index is 792. The van der Waals surface area contributed by atoms with E-state index in [1.807, 2.05) is 26.0 Å². The molecule has 21 heavy (non-hydrogen) atoms. The molecule has 0 amide bonds. The molecule has 1 N–H and O–H groups in total. The fourth-order valence-electron chi connectivity index (χ4n) is 2.10. The zero-order valence-corrected chi connectivity index (χ0v) is 12.6. The highest BCUT2D eigenvalue weighted by Gasteiger charge is 2.22. The number of hydrogen-bond acceptors (Lipinski definition) is 3. The van der Waals surface area contributed by atoms with Crippen molar-refractivity contribution in [3.8, 4) is 0 Å².